The molecule has 1 saturated heterocycles. The van der Waals surface area contributed by atoms with Crippen molar-refractivity contribution in [1.29, 1.82) is 0 Å². The minimum Gasteiger partial charge on any atom is -0.367 e. The smallest absolute Gasteiger partial charge is 0.333 e. The quantitative estimate of drug-likeness (QED) is 0.838. The summed E-state index contributed by atoms with van der Waals surface area (Å²) in [6, 6.07) is 5.27. The largest absolute Gasteiger partial charge is 0.367 e. The lowest BCUT2D eigenvalue weighted by Crippen LogP contribution is -2.31. The maximum Gasteiger partial charge on any atom is 0.333 e. The highest BCUT2D eigenvalue weighted by Gasteiger charge is 2.48. The van der Waals surface area contributed by atoms with Crippen molar-refractivity contribution in [2.75, 3.05) is 6.61 Å². The van der Waals surface area contributed by atoms with Crippen molar-refractivity contribution in [1.82, 2.24) is 0 Å². The molecule has 1 heterocycles. The van der Waals surface area contributed by atoms with Gasteiger partial charge in [0.15, 0.2) is 0 Å². The molecule has 1 aromatic carbocycles. The summed E-state index contributed by atoms with van der Waals surface area (Å²) in [6.45, 7) is -0.00972. The zero-order valence-corrected chi connectivity index (χ0v) is 15.5. The van der Waals surface area contributed by atoms with Gasteiger partial charge in [-0.3, -0.25) is 4.18 Å². The molecule has 0 aromatic heterocycles. The average molecular weight is 394 g/mol. The van der Waals surface area contributed by atoms with Gasteiger partial charge in [-0.05, 0) is 37.0 Å². The Morgan fingerprint density at radius 2 is 1.96 bits per heavy atom. The minimum atomic E-state index is -3.99. The maximum atomic E-state index is 11.2. The Labute approximate surface area is 152 Å². The zero-order chi connectivity index (χ0) is 17.4. The van der Waals surface area contributed by atoms with Crippen LogP contribution in [0.5, 0.6) is 0 Å². The highest BCUT2D eigenvalue weighted by Crippen LogP contribution is 2.51. The predicted molar refractivity (Wildman–Crippen MR) is 93.3 cm³/mol. The molecule has 1 spiro atoms. The molecule has 24 heavy (non-hydrogen) atoms. The summed E-state index contributed by atoms with van der Waals surface area (Å²) in [7, 11) is -3.99. The molecule has 134 valence electrons. The molecule has 3 rings (SSSR count). The highest BCUT2D eigenvalue weighted by molar-refractivity contribution is 7.84. The number of hydrogen-bond donors (Lipinski definition) is 1. The van der Waals surface area contributed by atoms with Crippen LogP contribution in [0.2, 0.25) is 10.0 Å². The first-order chi connectivity index (χ1) is 11.3. The highest BCUT2D eigenvalue weighted by atomic mass is 35.5. The summed E-state index contributed by atoms with van der Waals surface area (Å²) >= 11 is 12.3. The van der Waals surface area contributed by atoms with Crippen LogP contribution < -0.4 is 5.14 Å². The average Bonchev–Trinajstić information content (AvgIpc) is 2.83. The Morgan fingerprint density at radius 1 is 1.25 bits per heavy atom. The van der Waals surface area contributed by atoms with E-state index in [1.807, 2.05) is 6.07 Å². The molecule has 2 fully saturated rings. The van der Waals surface area contributed by atoms with E-state index < -0.39 is 10.3 Å². The molecule has 5 nitrogen and oxygen atoms in total. The molecular weight excluding hydrogens is 373 g/mol. The first kappa shape index (κ1) is 18.4. The van der Waals surface area contributed by atoms with Crippen molar-refractivity contribution in [3.8, 4) is 0 Å². The van der Waals surface area contributed by atoms with Gasteiger partial charge in [0, 0.05) is 16.0 Å². The molecule has 1 aromatic rings. The second-order valence-corrected chi connectivity index (χ2v) is 8.75. The van der Waals surface area contributed by atoms with E-state index in [1.165, 1.54) is 6.42 Å². The monoisotopic (exact) mass is 393 g/mol. The van der Waals surface area contributed by atoms with Gasteiger partial charge in [0.1, 0.15) is 0 Å². The summed E-state index contributed by atoms with van der Waals surface area (Å²) < 4.78 is 33.7. The van der Waals surface area contributed by atoms with Crippen molar-refractivity contribution >= 4 is 33.5 Å². The third-order valence-corrected chi connectivity index (χ3v) is 5.95. The van der Waals surface area contributed by atoms with Crippen LogP contribution in [0.1, 0.15) is 50.2 Å². The minimum absolute atomic E-state index is 0.00972. The van der Waals surface area contributed by atoms with Crippen molar-refractivity contribution in [3.63, 3.8) is 0 Å². The topological polar surface area (TPSA) is 78.6 Å². The summed E-state index contributed by atoms with van der Waals surface area (Å²) in [5.41, 5.74) is 0.588. The van der Waals surface area contributed by atoms with Crippen molar-refractivity contribution in [2.24, 2.45) is 11.1 Å². The Bertz CT molecular complexity index is 704. The molecule has 0 amide bonds. The van der Waals surface area contributed by atoms with Crippen LogP contribution in [-0.2, 0) is 19.2 Å². The molecule has 1 aliphatic carbocycles. The molecule has 0 unspecified atom stereocenters. The van der Waals surface area contributed by atoms with Crippen LogP contribution in [0.25, 0.3) is 0 Å². The fourth-order valence-electron chi connectivity index (χ4n) is 3.89. The fourth-order valence-corrected chi connectivity index (χ4v) is 4.78. The van der Waals surface area contributed by atoms with Crippen LogP contribution in [-0.4, -0.2) is 20.6 Å². The second kappa shape index (κ2) is 7.09. The van der Waals surface area contributed by atoms with Gasteiger partial charge >= 0.3 is 10.3 Å². The number of hydrogen-bond acceptors (Lipinski definition) is 4. The standard InChI is InChI=1S/C16H21Cl2NO4S/c17-12-4-5-13(14(18)8-12)15-11(10-22-24(19,20)21)9-16(23-15)6-2-1-3-7-16/h4-5,8,11,15H,1-3,6-7,9-10H2,(H2,19,20,21)/t11-,15+/m0/s1. The third-order valence-electron chi connectivity index (χ3n) is 4.92. The van der Waals surface area contributed by atoms with Gasteiger partial charge < -0.3 is 4.74 Å². The van der Waals surface area contributed by atoms with Crippen LogP contribution in [0, 0.1) is 5.92 Å². The van der Waals surface area contributed by atoms with E-state index >= 15 is 0 Å². The number of rotatable bonds is 4. The Morgan fingerprint density at radius 3 is 2.58 bits per heavy atom. The maximum absolute atomic E-state index is 11.2. The van der Waals surface area contributed by atoms with E-state index in [-0.39, 0.29) is 24.2 Å². The van der Waals surface area contributed by atoms with Crippen LogP contribution in [0.15, 0.2) is 18.2 Å². The fraction of sp³-hybridized carbons (Fsp3) is 0.625. The van der Waals surface area contributed by atoms with Gasteiger partial charge in [-0.15, -0.1) is 0 Å². The molecule has 2 aliphatic rings. The zero-order valence-electron chi connectivity index (χ0n) is 13.2. The molecule has 1 saturated carbocycles. The molecule has 0 bridgehead atoms. The van der Waals surface area contributed by atoms with Crippen molar-refractivity contribution < 1.29 is 17.3 Å². The SMILES string of the molecule is NS(=O)(=O)OC[C@@H]1CC2(CCCCC2)O[C@H]1c1ccc(Cl)cc1Cl. The van der Waals surface area contributed by atoms with E-state index in [2.05, 4.69) is 0 Å². The predicted octanol–water partition coefficient (Wildman–Crippen LogP) is 3.99. The summed E-state index contributed by atoms with van der Waals surface area (Å²) in [6.07, 6.45) is 5.80. The molecule has 2 atom stereocenters. The van der Waals surface area contributed by atoms with Gasteiger partial charge in [-0.25, -0.2) is 5.14 Å². The van der Waals surface area contributed by atoms with E-state index in [4.69, 9.17) is 37.3 Å². The van der Waals surface area contributed by atoms with Crippen molar-refractivity contribution in [3.05, 3.63) is 33.8 Å². The molecule has 2 N–H and O–H groups in total. The van der Waals surface area contributed by atoms with Crippen LogP contribution in [0.4, 0.5) is 0 Å². The number of halogens is 2. The number of benzene rings is 1. The number of nitrogens with two attached hydrogens (primary N) is 1. The van der Waals surface area contributed by atoms with Gasteiger partial charge in [0.25, 0.3) is 0 Å². The molecule has 0 radical (unpaired) electrons. The molecule has 1 aliphatic heterocycles. The lowest BCUT2D eigenvalue weighted by atomic mass is 9.80. The normalized spacial score (nSPS) is 26.8. The van der Waals surface area contributed by atoms with Gasteiger partial charge in [-0.1, -0.05) is 48.5 Å². The first-order valence-electron chi connectivity index (χ1n) is 8.08. The second-order valence-electron chi connectivity index (χ2n) is 6.69. The Hall–Kier alpha value is -0.370. The Balaban J connectivity index is 1.87. The lowest BCUT2D eigenvalue weighted by Gasteiger charge is -2.33. The first-order valence-corrected chi connectivity index (χ1v) is 10.3. The van der Waals surface area contributed by atoms with Crippen LogP contribution in [0.3, 0.4) is 0 Å². The molecular formula is C16H21Cl2NO4S. The van der Waals surface area contributed by atoms with Gasteiger partial charge in [0.2, 0.25) is 0 Å². The Kier molecular flexibility index (Phi) is 5.45. The third kappa shape index (κ3) is 4.23. The summed E-state index contributed by atoms with van der Waals surface area (Å²) in [4.78, 5) is 0. The van der Waals surface area contributed by atoms with Gasteiger partial charge in [0.05, 0.1) is 18.3 Å². The van der Waals surface area contributed by atoms with E-state index in [0.29, 0.717) is 10.0 Å². The summed E-state index contributed by atoms with van der Waals surface area (Å²) in [5.74, 6) is -0.125. The van der Waals surface area contributed by atoms with Crippen molar-refractivity contribution in [2.45, 2.75) is 50.2 Å². The van der Waals surface area contributed by atoms with Gasteiger partial charge in [-0.2, -0.15) is 8.42 Å². The lowest BCUT2D eigenvalue weighted by molar-refractivity contribution is -0.0689. The van der Waals surface area contributed by atoms with E-state index in [1.54, 1.807) is 12.1 Å². The van der Waals surface area contributed by atoms with Crippen LogP contribution >= 0.6 is 23.2 Å². The van der Waals surface area contributed by atoms with E-state index in [9.17, 15) is 8.42 Å². The molecule has 8 heteroatoms. The number of ether oxygens (including phenoxy) is 1. The van der Waals surface area contributed by atoms with E-state index in [0.717, 1.165) is 37.7 Å². The summed E-state index contributed by atoms with van der Waals surface area (Å²) in [5, 5.41) is 6.05.